The molecule has 0 N–H and O–H groups in total. The van der Waals surface area contributed by atoms with E-state index in [1.807, 2.05) is 27.7 Å². The molecule has 0 aliphatic rings. The predicted octanol–water partition coefficient (Wildman–Crippen LogP) is 2.85. The number of nitriles is 1. The molecule has 5 nitrogen and oxygen atoms in total. The van der Waals surface area contributed by atoms with Crippen LogP contribution in [0.2, 0.25) is 0 Å². The lowest BCUT2D eigenvalue weighted by Gasteiger charge is -2.00. The van der Waals surface area contributed by atoms with E-state index in [9.17, 15) is 0 Å². The number of nitrogens with zero attached hydrogens (tertiary/aromatic N) is 5. The van der Waals surface area contributed by atoms with Crippen molar-refractivity contribution >= 4 is 0 Å². The molecule has 84 valence electrons. The van der Waals surface area contributed by atoms with Crippen molar-refractivity contribution in [1.82, 2.24) is 0 Å². The summed E-state index contributed by atoms with van der Waals surface area (Å²) in [4.78, 5) is 0. The molecule has 0 rings (SSSR count). The maximum Gasteiger partial charge on any atom is 0.0893 e. The van der Waals surface area contributed by atoms with E-state index in [0.717, 1.165) is 0 Å². The maximum atomic E-state index is 8.50. The zero-order chi connectivity index (χ0) is 11.7. The highest BCUT2D eigenvalue weighted by Gasteiger charge is 1.99. The van der Waals surface area contributed by atoms with Crippen LogP contribution < -0.4 is 0 Å². The molecular weight excluding hydrogens is 190 g/mol. The lowest BCUT2D eigenvalue weighted by atomic mass is 10.2. The smallest absolute Gasteiger partial charge is 0.0893 e. The first-order valence-electron chi connectivity index (χ1n) is 5.19. The average molecular weight is 209 g/mol. The van der Waals surface area contributed by atoms with Crippen molar-refractivity contribution in [3.8, 4) is 6.07 Å². The highest BCUT2D eigenvalue weighted by atomic mass is 15.2. The van der Waals surface area contributed by atoms with Gasteiger partial charge in [-0.3, -0.25) is 0 Å². The van der Waals surface area contributed by atoms with Crippen LogP contribution in [0.5, 0.6) is 0 Å². The first-order chi connectivity index (χ1) is 7.06. The normalized spacial score (nSPS) is 16.0. The molecule has 0 radical (unpaired) electrons. The summed E-state index contributed by atoms with van der Waals surface area (Å²) < 4.78 is 0. The predicted molar refractivity (Wildman–Crippen MR) is 58.8 cm³/mol. The second-order valence-electron chi connectivity index (χ2n) is 3.85. The van der Waals surface area contributed by atoms with Crippen molar-refractivity contribution in [2.45, 2.75) is 39.8 Å². The van der Waals surface area contributed by atoms with Gasteiger partial charge in [-0.05, 0) is 27.7 Å². The summed E-state index contributed by atoms with van der Waals surface area (Å²) in [6.45, 7) is 8.72. The highest BCUT2D eigenvalue weighted by molar-refractivity contribution is 4.79. The third-order valence-corrected chi connectivity index (χ3v) is 1.52. The van der Waals surface area contributed by atoms with E-state index in [-0.39, 0.29) is 18.0 Å². The number of hydrogen-bond donors (Lipinski definition) is 0. The molecule has 0 aromatic rings. The van der Waals surface area contributed by atoms with Gasteiger partial charge < -0.3 is 0 Å². The maximum absolute atomic E-state index is 8.50. The van der Waals surface area contributed by atoms with E-state index in [0.29, 0.717) is 13.1 Å². The fourth-order valence-corrected chi connectivity index (χ4v) is 0.681. The van der Waals surface area contributed by atoms with Crippen molar-refractivity contribution in [2.24, 2.45) is 26.4 Å². The third-order valence-electron chi connectivity index (χ3n) is 1.52. The molecule has 5 heteroatoms. The lowest BCUT2D eigenvalue weighted by molar-refractivity contribution is 0.623. The van der Waals surface area contributed by atoms with Gasteiger partial charge >= 0.3 is 0 Å². The van der Waals surface area contributed by atoms with Crippen LogP contribution in [-0.4, -0.2) is 25.2 Å². The van der Waals surface area contributed by atoms with E-state index < -0.39 is 0 Å². The molecule has 0 heterocycles. The molecule has 2 unspecified atom stereocenters. The number of hydrogen-bond acceptors (Lipinski definition) is 5. The van der Waals surface area contributed by atoms with Gasteiger partial charge in [-0.25, -0.2) is 0 Å². The van der Waals surface area contributed by atoms with Crippen molar-refractivity contribution in [2.75, 3.05) is 13.1 Å². The van der Waals surface area contributed by atoms with Crippen molar-refractivity contribution in [1.29, 1.82) is 5.26 Å². The summed E-state index contributed by atoms with van der Waals surface area (Å²) >= 11 is 0. The minimum absolute atomic E-state index is 0.0635. The first kappa shape index (κ1) is 13.7. The van der Waals surface area contributed by atoms with E-state index in [4.69, 9.17) is 5.26 Å². The molecule has 0 saturated heterocycles. The Morgan fingerprint density at radius 3 is 2.13 bits per heavy atom. The summed E-state index contributed by atoms with van der Waals surface area (Å²) in [5, 5.41) is 24.5. The number of azo groups is 2. The molecule has 15 heavy (non-hydrogen) atoms. The summed E-state index contributed by atoms with van der Waals surface area (Å²) in [5.74, 6) is -0.0682. The Bertz CT molecular complexity index is 251. The zero-order valence-corrected chi connectivity index (χ0v) is 9.88. The van der Waals surface area contributed by atoms with E-state index in [1.165, 1.54) is 0 Å². The molecule has 0 bridgehead atoms. The van der Waals surface area contributed by atoms with Crippen LogP contribution in [0.4, 0.5) is 0 Å². The Balaban J connectivity index is 3.71. The molecule has 0 aliphatic carbocycles. The van der Waals surface area contributed by atoms with Crippen LogP contribution in [0.15, 0.2) is 20.5 Å². The summed E-state index contributed by atoms with van der Waals surface area (Å²) in [6, 6.07) is 2.39. The topological polar surface area (TPSA) is 73.2 Å². The Morgan fingerprint density at radius 2 is 1.60 bits per heavy atom. The van der Waals surface area contributed by atoms with Gasteiger partial charge in [-0.2, -0.15) is 25.7 Å². The first-order valence-corrected chi connectivity index (χ1v) is 5.19. The summed E-state index contributed by atoms with van der Waals surface area (Å²) in [5.41, 5.74) is 0. The van der Waals surface area contributed by atoms with Crippen LogP contribution in [0, 0.1) is 17.2 Å². The van der Waals surface area contributed by atoms with Crippen molar-refractivity contribution < 1.29 is 0 Å². The van der Waals surface area contributed by atoms with Gasteiger partial charge in [0.05, 0.1) is 37.2 Å². The van der Waals surface area contributed by atoms with Gasteiger partial charge in [-0.15, -0.1) is 0 Å². The molecule has 0 aliphatic heterocycles. The minimum Gasteiger partial charge on any atom is -0.198 e. The highest BCUT2D eigenvalue weighted by Crippen LogP contribution is 1.97. The van der Waals surface area contributed by atoms with Gasteiger partial charge in [0, 0.05) is 0 Å². The van der Waals surface area contributed by atoms with Crippen LogP contribution >= 0.6 is 0 Å². The van der Waals surface area contributed by atoms with Gasteiger partial charge in [-0.1, -0.05) is 0 Å². The Kier molecular flexibility index (Phi) is 7.33. The fourth-order valence-electron chi connectivity index (χ4n) is 0.681. The van der Waals surface area contributed by atoms with E-state index in [2.05, 4.69) is 26.5 Å². The molecule has 0 amide bonds. The summed E-state index contributed by atoms with van der Waals surface area (Å²) in [7, 11) is 0. The minimum atomic E-state index is -0.0682. The standard InChI is InChI=1S/C10H19N5/c1-8(2)14-15-10(4)7-13-12-6-9(3)5-11/h8-10H,6-7H2,1-4H3. The van der Waals surface area contributed by atoms with Crippen LogP contribution in [0.1, 0.15) is 27.7 Å². The monoisotopic (exact) mass is 209 g/mol. The second kappa shape index (κ2) is 8.04. The molecule has 0 aromatic carbocycles. The van der Waals surface area contributed by atoms with E-state index in [1.54, 1.807) is 0 Å². The van der Waals surface area contributed by atoms with Crippen LogP contribution in [0.25, 0.3) is 0 Å². The Labute approximate surface area is 91.3 Å². The molecule has 0 fully saturated rings. The lowest BCUT2D eigenvalue weighted by Crippen LogP contribution is -2.03. The van der Waals surface area contributed by atoms with Crippen molar-refractivity contribution in [3.05, 3.63) is 0 Å². The number of rotatable bonds is 6. The SMILES string of the molecule is CC(C#N)CN=NCC(C)N=NC(C)C. The largest absolute Gasteiger partial charge is 0.198 e. The zero-order valence-electron chi connectivity index (χ0n) is 9.88. The van der Waals surface area contributed by atoms with Crippen LogP contribution in [0.3, 0.4) is 0 Å². The Morgan fingerprint density at radius 1 is 1.00 bits per heavy atom. The molecule has 0 aromatic heterocycles. The van der Waals surface area contributed by atoms with Gasteiger partial charge in [0.1, 0.15) is 0 Å². The summed E-state index contributed by atoms with van der Waals surface area (Å²) in [6.07, 6.45) is 0. The van der Waals surface area contributed by atoms with Gasteiger partial charge in [0.15, 0.2) is 0 Å². The quantitative estimate of drug-likeness (QED) is 0.620. The second-order valence-corrected chi connectivity index (χ2v) is 3.85. The van der Waals surface area contributed by atoms with Crippen molar-refractivity contribution in [3.63, 3.8) is 0 Å². The van der Waals surface area contributed by atoms with Crippen LogP contribution in [-0.2, 0) is 0 Å². The third kappa shape index (κ3) is 9.01. The Hall–Kier alpha value is -1.31. The molecule has 0 saturated carbocycles. The van der Waals surface area contributed by atoms with Gasteiger partial charge in [0.25, 0.3) is 0 Å². The molecular formula is C10H19N5. The van der Waals surface area contributed by atoms with Gasteiger partial charge in [0.2, 0.25) is 0 Å². The average Bonchev–Trinajstić information content (AvgIpc) is 2.21. The van der Waals surface area contributed by atoms with E-state index >= 15 is 0 Å². The molecule has 2 atom stereocenters. The molecule has 0 spiro atoms. The fraction of sp³-hybridized carbons (Fsp3) is 0.900.